The van der Waals surface area contributed by atoms with Gasteiger partial charge in [-0.25, -0.2) is 23.1 Å². The number of phosphoric ester groups is 1. The molecule has 0 amide bonds. The second kappa shape index (κ2) is 13.2. The van der Waals surface area contributed by atoms with Gasteiger partial charge in [-0.2, -0.15) is 0 Å². The number of hydrogen-bond acceptors (Lipinski definition) is 10. The molecule has 4 aliphatic heterocycles. The Morgan fingerprint density at radius 2 is 1.94 bits per heavy atom. The molecule has 2 saturated heterocycles. The van der Waals surface area contributed by atoms with Crippen molar-refractivity contribution in [3.63, 3.8) is 0 Å². The van der Waals surface area contributed by atoms with E-state index in [-0.39, 0.29) is 52.1 Å². The van der Waals surface area contributed by atoms with Crippen molar-refractivity contribution in [3.8, 4) is 22.5 Å². The van der Waals surface area contributed by atoms with Crippen molar-refractivity contribution in [1.82, 2.24) is 18.9 Å². The highest BCUT2D eigenvalue weighted by atomic mass is 31.2. The first-order valence-electron chi connectivity index (χ1n) is 17.1. The van der Waals surface area contributed by atoms with Crippen molar-refractivity contribution in [2.45, 2.75) is 52.5 Å². The van der Waals surface area contributed by atoms with Gasteiger partial charge in [0.05, 0.1) is 45.6 Å². The first-order chi connectivity index (χ1) is 24.6. The second-order valence-corrected chi connectivity index (χ2v) is 15.7. The summed E-state index contributed by atoms with van der Waals surface area (Å²) in [5, 5.41) is 2.82. The number of ether oxygens (including phenoxy) is 1. The van der Waals surface area contributed by atoms with E-state index in [0.717, 1.165) is 19.0 Å². The number of rotatable bonds is 9. The summed E-state index contributed by atoms with van der Waals surface area (Å²) in [7, 11) is -1.05. The van der Waals surface area contributed by atoms with E-state index >= 15 is 8.78 Å². The van der Waals surface area contributed by atoms with Gasteiger partial charge in [0.2, 0.25) is 0 Å². The lowest BCUT2D eigenvalue weighted by atomic mass is 9.95. The van der Waals surface area contributed by atoms with Gasteiger partial charge < -0.3 is 29.3 Å². The summed E-state index contributed by atoms with van der Waals surface area (Å²) in [5.74, 6) is -2.59. The minimum absolute atomic E-state index is 0.00976. The summed E-state index contributed by atoms with van der Waals surface area (Å²) in [5.41, 5.74) is 0.519. The number of likely N-dealkylation sites (tertiary alicyclic amines) is 1. The van der Waals surface area contributed by atoms with Crippen LogP contribution in [0.1, 0.15) is 44.5 Å². The van der Waals surface area contributed by atoms with Crippen LogP contribution in [0.4, 0.5) is 20.2 Å². The lowest BCUT2D eigenvalue weighted by molar-refractivity contribution is 0.0483. The fourth-order valence-corrected chi connectivity index (χ4v) is 8.66. The van der Waals surface area contributed by atoms with Gasteiger partial charge in [0.15, 0.2) is 11.6 Å². The maximum absolute atomic E-state index is 16.3. The maximum atomic E-state index is 16.3. The van der Waals surface area contributed by atoms with Crippen molar-refractivity contribution >= 4 is 41.6 Å². The molecule has 7 rings (SSSR count). The van der Waals surface area contributed by atoms with Crippen LogP contribution in [0.5, 0.6) is 0 Å². The Kier molecular flexibility index (Phi) is 9.15. The number of hydrogen-bond donors (Lipinski definition) is 2. The summed E-state index contributed by atoms with van der Waals surface area (Å²) in [6, 6.07) is 7.60. The predicted octanol–water partition coefficient (Wildman–Crippen LogP) is 5.95. The molecular weight excluding hydrogens is 697 g/mol. The van der Waals surface area contributed by atoms with Crippen LogP contribution in [0.2, 0.25) is 0 Å². The van der Waals surface area contributed by atoms with Crippen molar-refractivity contribution in [1.29, 1.82) is 0 Å². The van der Waals surface area contributed by atoms with Gasteiger partial charge in [-0.05, 0) is 65.3 Å². The highest BCUT2D eigenvalue weighted by Gasteiger charge is 2.43. The molecule has 0 saturated carbocycles. The van der Waals surface area contributed by atoms with E-state index < -0.39 is 43.3 Å². The first kappa shape index (κ1) is 36.0. The van der Waals surface area contributed by atoms with Gasteiger partial charge in [-0.3, -0.25) is 18.2 Å². The molecule has 2 aromatic heterocycles. The summed E-state index contributed by atoms with van der Waals surface area (Å²) in [6.07, 6.45) is 4.01. The number of esters is 1. The van der Waals surface area contributed by atoms with E-state index in [1.54, 1.807) is 59.1 Å². The number of anilines is 2. The van der Waals surface area contributed by atoms with Gasteiger partial charge in [0, 0.05) is 62.3 Å². The summed E-state index contributed by atoms with van der Waals surface area (Å²) >= 11 is 0. The van der Waals surface area contributed by atoms with Crippen LogP contribution in [0.25, 0.3) is 38.9 Å². The Hall–Kier alpha value is -4.40. The lowest BCUT2D eigenvalue weighted by Crippen LogP contribution is -2.35. The summed E-state index contributed by atoms with van der Waals surface area (Å²) in [4.78, 5) is 46.9. The highest BCUT2D eigenvalue weighted by molar-refractivity contribution is 7.47. The SMILES string of the molecule is CCOC(=O)c1cc(-c2cn(COP(=O)(O)OC(C)(C)C)c3nc4c(NC)cc(F)c(F)c4c-3c2N2CC[C@H]3CN(C)C[C@H]32)c2ccccn2c1=O. The maximum Gasteiger partial charge on any atom is 0.474 e. The van der Waals surface area contributed by atoms with Crippen molar-refractivity contribution < 1.29 is 36.8 Å². The molecule has 2 fully saturated rings. The molecule has 276 valence electrons. The predicted molar refractivity (Wildman–Crippen MR) is 193 cm³/mol. The van der Waals surface area contributed by atoms with Crippen LogP contribution in [0, 0.1) is 17.6 Å². The smallest absolute Gasteiger partial charge is 0.462 e. The third-order valence-electron chi connectivity index (χ3n) is 9.63. The number of fused-ring (bicyclic) bond motifs is 5. The van der Waals surface area contributed by atoms with Gasteiger partial charge in [-0.15, -0.1) is 0 Å². The largest absolute Gasteiger partial charge is 0.474 e. The molecule has 0 aliphatic carbocycles. The van der Waals surface area contributed by atoms with Gasteiger partial charge >= 0.3 is 13.8 Å². The third-order valence-corrected chi connectivity index (χ3v) is 10.8. The number of pyridine rings is 3. The van der Waals surface area contributed by atoms with E-state index in [4.69, 9.17) is 18.8 Å². The number of carbonyl (C=O) groups excluding carboxylic acids is 1. The molecule has 3 aromatic rings. The molecule has 0 bridgehead atoms. The Morgan fingerprint density at radius 1 is 1.17 bits per heavy atom. The molecule has 13 nitrogen and oxygen atoms in total. The van der Waals surface area contributed by atoms with E-state index in [2.05, 4.69) is 15.1 Å². The molecule has 52 heavy (non-hydrogen) atoms. The monoisotopic (exact) mass is 738 g/mol. The Bertz CT molecular complexity index is 2300. The number of nitrogens with one attached hydrogen (secondary N) is 1. The van der Waals surface area contributed by atoms with Crippen molar-refractivity contribution in [3.05, 3.63) is 70.3 Å². The average Bonchev–Trinajstić information content (AvgIpc) is 3.77. The van der Waals surface area contributed by atoms with Crippen LogP contribution in [-0.2, 0) is 25.1 Å². The minimum Gasteiger partial charge on any atom is -0.462 e. The molecule has 0 radical (unpaired) electrons. The number of likely N-dealkylation sites (N-methyl/N-ethyl adjacent to an activating group) is 1. The van der Waals surface area contributed by atoms with Crippen molar-refractivity contribution in [2.24, 2.45) is 5.92 Å². The Labute approximate surface area is 298 Å². The van der Waals surface area contributed by atoms with Gasteiger partial charge in [-0.1, -0.05) is 6.07 Å². The third kappa shape index (κ3) is 6.24. The summed E-state index contributed by atoms with van der Waals surface area (Å²) < 4.78 is 63.9. The van der Waals surface area contributed by atoms with E-state index in [1.807, 2.05) is 7.05 Å². The molecule has 4 aliphatic rings. The second-order valence-electron chi connectivity index (χ2n) is 14.3. The molecule has 2 N–H and O–H groups in total. The number of carbonyl (C=O) groups is 1. The normalized spacial score (nSPS) is 19.1. The first-order valence-corrected chi connectivity index (χ1v) is 18.6. The molecule has 16 heteroatoms. The van der Waals surface area contributed by atoms with Gasteiger partial charge in [0.25, 0.3) is 5.56 Å². The van der Waals surface area contributed by atoms with Crippen LogP contribution in [-0.4, -0.2) is 81.7 Å². The number of benzene rings is 1. The summed E-state index contributed by atoms with van der Waals surface area (Å²) in [6.45, 7) is 8.03. The zero-order chi connectivity index (χ0) is 37.3. The number of phosphoric acid groups is 1. The van der Waals surface area contributed by atoms with E-state index in [0.29, 0.717) is 35.4 Å². The molecule has 3 atom stereocenters. The molecule has 0 spiro atoms. The van der Waals surface area contributed by atoms with Gasteiger partial charge in [0.1, 0.15) is 18.1 Å². The lowest BCUT2D eigenvalue weighted by Gasteiger charge is -2.32. The molecule has 6 heterocycles. The van der Waals surface area contributed by atoms with Crippen LogP contribution in [0.15, 0.2) is 47.5 Å². The average molecular weight is 739 g/mol. The number of halogens is 2. The quantitative estimate of drug-likeness (QED) is 0.137. The van der Waals surface area contributed by atoms with Crippen LogP contribution < -0.4 is 15.8 Å². The fourth-order valence-electron chi connectivity index (χ4n) is 7.64. The fraction of sp³-hybridized carbons (Fsp3) is 0.417. The molecule has 1 unspecified atom stereocenters. The Morgan fingerprint density at radius 3 is 2.65 bits per heavy atom. The highest BCUT2D eigenvalue weighted by Crippen LogP contribution is 2.52. The molecular formula is C36H41F2N6O7P. The van der Waals surface area contributed by atoms with E-state index in [9.17, 15) is 19.0 Å². The van der Waals surface area contributed by atoms with E-state index in [1.165, 1.54) is 21.2 Å². The minimum atomic E-state index is -4.66. The molecule has 1 aromatic carbocycles. The standard InChI is InChI=1S/C36H41F2N6O7P/c1-7-49-35(46)22-14-21(26-10-8-9-12-44(26)34(22)45)23-17-42(19-50-52(47,48)51-36(2,3)4)33-29(28-30(38)24(37)15-25(39-5)31(28)40-33)32(23)43-13-11-20-16-41(6)18-27(20)43/h8-10,12,14-15,17,20,27,39H,7,11,13,16,18-19H2,1-6H3,(H,47,48)/t20-,27+/m0/s1. The Balaban J connectivity index is 1.61. The number of aromatic nitrogens is 3. The number of nitrogens with zero attached hydrogens (tertiary/aromatic N) is 5. The van der Waals surface area contributed by atoms with Crippen LogP contribution >= 0.6 is 7.82 Å². The zero-order valence-corrected chi connectivity index (χ0v) is 30.7. The van der Waals surface area contributed by atoms with Crippen LogP contribution in [0.3, 0.4) is 0 Å². The zero-order valence-electron chi connectivity index (χ0n) is 29.8. The topological polar surface area (TPSA) is 140 Å². The van der Waals surface area contributed by atoms with Crippen molar-refractivity contribution in [2.75, 3.05) is 50.6 Å².